The summed E-state index contributed by atoms with van der Waals surface area (Å²) in [5, 5.41) is 12.4. The minimum atomic E-state index is -0.427. The average Bonchev–Trinajstić information content (AvgIpc) is 3.29. The van der Waals surface area contributed by atoms with E-state index in [4.69, 9.17) is 4.74 Å². The fourth-order valence-corrected chi connectivity index (χ4v) is 4.47. The summed E-state index contributed by atoms with van der Waals surface area (Å²) in [5.41, 5.74) is 1.70. The molecule has 2 aromatic heterocycles. The van der Waals surface area contributed by atoms with Crippen LogP contribution in [0.2, 0.25) is 0 Å². The number of ether oxygens (including phenoxy) is 1. The van der Waals surface area contributed by atoms with Crippen LogP contribution in [-0.4, -0.2) is 44.0 Å². The number of esters is 1. The molecule has 0 aliphatic carbocycles. The first-order valence-corrected chi connectivity index (χ1v) is 11.3. The third-order valence-electron chi connectivity index (χ3n) is 4.15. The number of rotatable bonds is 9. The number of thioether (sulfide) groups is 1. The molecule has 0 radical (unpaired) electrons. The molecule has 2 heterocycles. The summed E-state index contributed by atoms with van der Waals surface area (Å²) in [6.07, 6.45) is 0.684. The van der Waals surface area contributed by atoms with Crippen molar-refractivity contribution in [2.75, 3.05) is 17.7 Å². The van der Waals surface area contributed by atoms with Gasteiger partial charge in [0.15, 0.2) is 10.3 Å². The molecule has 0 fully saturated rings. The summed E-state index contributed by atoms with van der Waals surface area (Å²) in [6.45, 7) is 6.49. The Labute approximate surface area is 183 Å². The van der Waals surface area contributed by atoms with Crippen LogP contribution in [0.5, 0.6) is 0 Å². The number of hydrogen-bond donors (Lipinski definition) is 1. The second-order valence-corrected chi connectivity index (χ2v) is 8.24. The van der Waals surface area contributed by atoms with Gasteiger partial charge < -0.3 is 14.6 Å². The van der Waals surface area contributed by atoms with Crippen molar-refractivity contribution in [2.24, 2.45) is 0 Å². The third-order valence-corrected chi connectivity index (χ3v) is 6.17. The quantitative estimate of drug-likeness (QED) is 0.397. The molecular weight excluding hydrogens is 422 g/mol. The molecule has 3 rings (SSSR count). The van der Waals surface area contributed by atoms with E-state index in [1.165, 1.54) is 11.8 Å². The first-order chi connectivity index (χ1) is 14.5. The Morgan fingerprint density at radius 3 is 2.67 bits per heavy atom. The first-order valence-electron chi connectivity index (χ1n) is 9.55. The molecule has 0 saturated heterocycles. The summed E-state index contributed by atoms with van der Waals surface area (Å²) < 4.78 is 7.01. The second-order valence-electron chi connectivity index (χ2n) is 6.30. The van der Waals surface area contributed by atoms with Crippen molar-refractivity contribution in [1.82, 2.24) is 19.7 Å². The lowest BCUT2D eigenvalue weighted by molar-refractivity contribution is -0.113. The van der Waals surface area contributed by atoms with Crippen LogP contribution in [0.4, 0.5) is 5.13 Å². The molecule has 0 aliphatic heterocycles. The minimum absolute atomic E-state index is 0.164. The number of aryl methyl sites for hydroxylation is 1. The van der Waals surface area contributed by atoms with Crippen molar-refractivity contribution < 1.29 is 14.3 Å². The molecule has 8 nitrogen and oxygen atoms in total. The number of amides is 1. The van der Waals surface area contributed by atoms with Gasteiger partial charge in [-0.25, -0.2) is 9.78 Å². The van der Waals surface area contributed by atoms with Gasteiger partial charge in [-0.3, -0.25) is 4.79 Å². The maximum absolute atomic E-state index is 12.4. The number of carbonyl (C=O) groups excluding carboxylic acids is 2. The van der Waals surface area contributed by atoms with Crippen molar-refractivity contribution in [3.63, 3.8) is 0 Å². The van der Waals surface area contributed by atoms with Crippen molar-refractivity contribution in [1.29, 1.82) is 0 Å². The van der Waals surface area contributed by atoms with Crippen molar-refractivity contribution in [3.8, 4) is 0 Å². The summed E-state index contributed by atoms with van der Waals surface area (Å²) in [4.78, 5) is 28.9. The fraction of sp³-hybridized carbons (Fsp3) is 0.350. The van der Waals surface area contributed by atoms with E-state index in [9.17, 15) is 9.59 Å². The molecule has 30 heavy (non-hydrogen) atoms. The zero-order valence-electron chi connectivity index (χ0n) is 17.0. The second kappa shape index (κ2) is 10.4. The van der Waals surface area contributed by atoms with Gasteiger partial charge in [0.25, 0.3) is 0 Å². The molecule has 0 saturated carbocycles. The van der Waals surface area contributed by atoms with E-state index < -0.39 is 5.97 Å². The maximum Gasteiger partial charge on any atom is 0.350 e. The van der Waals surface area contributed by atoms with Gasteiger partial charge in [-0.2, -0.15) is 0 Å². The molecule has 0 atom stereocenters. The highest BCUT2D eigenvalue weighted by atomic mass is 32.2. The van der Waals surface area contributed by atoms with Crippen LogP contribution in [0, 0.1) is 6.92 Å². The van der Waals surface area contributed by atoms with Crippen LogP contribution in [0.1, 0.15) is 40.6 Å². The Morgan fingerprint density at radius 1 is 1.20 bits per heavy atom. The Balaban J connectivity index is 1.60. The van der Waals surface area contributed by atoms with Gasteiger partial charge in [-0.1, -0.05) is 53.4 Å². The van der Waals surface area contributed by atoms with Gasteiger partial charge in [0, 0.05) is 13.0 Å². The Kier molecular flexibility index (Phi) is 7.58. The lowest BCUT2D eigenvalue weighted by Crippen LogP contribution is -2.14. The van der Waals surface area contributed by atoms with E-state index in [-0.39, 0.29) is 11.7 Å². The molecule has 3 aromatic rings. The summed E-state index contributed by atoms with van der Waals surface area (Å²) in [6, 6.07) is 10.1. The van der Waals surface area contributed by atoms with E-state index in [1.807, 2.05) is 29.7 Å². The van der Waals surface area contributed by atoms with Crippen molar-refractivity contribution in [2.45, 2.75) is 38.9 Å². The Morgan fingerprint density at radius 2 is 1.97 bits per heavy atom. The van der Waals surface area contributed by atoms with Crippen LogP contribution in [0.25, 0.3) is 0 Å². The fourth-order valence-electron chi connectivity index (χ4n) is 2.77. The van der Waals surface area contributed by atoms with Gasteiger partial charge in [0.05, 0.1) is 18.1 Å². The molecule has 0 spiro atoms. The number of anilines is 1. The Hall–Kier alpha value is -2.72. The average molecular weight is 446 g/mol. The van der Waals surface area contributed by atoms with E-state index in [2.05, 4.69) is 32.6 Å². The predicted molar refractivity (Wildman–Crippen MR) is 117 cm³/mol. The highest BCUT2D eigenvalue weighted by molar-refractivity contribution is 7.99. The third kappa shape index (κ3) is 5.45. The molecule has 1 amide bonds. The normalized spacial score (nSPS) is 10.8. The van der Waals surface area contributed by atoms with Crippen molar-refractivity contribution >= 4 is 40.1 Å². The number of thiazole rings is 1. The molecule has 158 valence electrons. The highest BCUT2D eigenvalue weighted by Gasteiger charge is 2.18. The predicted octanol–water partition coefficient (Wildman–Crippen LogP) is 3.56. The molecular formula is C20H23N5O3S2. The maximum atomic E-state index is 12.4. The van der Waals surface area contributed by atoms with Gasteiger partial charge in [0.1, 0.15) is 10.7 Å². The first kappa shape index (κ1) is 22.0. The SMILES string of the molecule is CCOC(=O)c1sc(NC(=O)CSc2nnc(Cc3ccccc3)n2CC)nc1C. The molecule has 1 aromatic carbocycles. The lowest BCUT2D eigenvalue weighted by atomic mass is 10.1. The number of hydrogen-bond acceptors (Lipinski definition) is 8. The molecule has 0 bridgehead atoms. The topological polar surface area (TPSA) is 99.0 Å². The van der Waals surface area contributed by atoms with Crippen LogP contribution in [0.15, 0.2) is 35.5 Å². The number of nitrogens with zero attached hydrogens (tertiary/aromatic N) is 4. The molecule has 10 heteroatoms. The Bertz CT molecular complexity index is 1020. The van der Waals surface area contributed by atoms with E-state index in [0.29, 0.717) is 40.4 Å². The largest absolute Gasteiger partial charge is 0.462 e. The zero-order chi connectivity index (χ0) is 21.5. The van der Waals surface area contributed by atoms with Crippen LogP contribution >= 0.6 is 23.1 Å². The number of aromatic nitrogens is 4. The van der Waals surface area contributed by atoms with Crippen molar-refractivity contribution in [3.05, 3.63) is 52.3 Å². The molecule has 0 unspecified atom stereocenters. The standard InChI is InChI=1S/C20H23N5O3S2/c1-4-25-15(11-14-9-7-6-8-10-14)23-24-20(25)29-12-16(26)22-19-21-13(3)17(30-19)18(27)28-5-2/h6-10H,4-5,11-12H2,1-3H3,(H,21,22,26). The van der Waals surface area contributed by atoms with Gasteiger partial charge in [-0.05, 0) is 26.3 Å². The van der Waals surface area contributed by atoms with Gasteiger partial charge >= 0.3 is 5.97 Å². The number of carbonyl (C=O) groups is 2. The van der Waals surface area contributed by atoms with E-state index >= 15 is 0 Å². The van der Waals surface area contributed by atoms with E-state index in [1.54, 1.807) is 13.8 Å². The van der Waals surface area contributed by atoms with Gasteiger partial charge in [0.2, 0.25) is 5.91 Å². The van der Waals surface area contributed by atoms with Crippen LogP contribution < -0.4 is 5.32 Å². The lowest BCUT2D eigenvalue weighted by Gasteiger charge is -2.07. The summed E-state index contributed by atoms with van der Waals surface area (Å²) in [5.74, 6) is 0.377. The smallest absolute Gasteiger partial charge is 0.350 e. The van der Waals surface area contributed by atoms with Gasteiger partial charge in [-0.15, -0.1) is 10.2 Å². The highest BCUT2D eigenvalue weighted by Crippen LogP contribution is 2.24. The summed E-state index contributed by atoms with van der Waals surface area (Å²) in [7, 11) is 0. The zero-order valence-corrected chi connectivity index (χ0v) is 18.7. The minimum Gasteiger partial charge on any atom is -0.462 e. The van der Waals surface area contributed by atoms with E-state index in [0.717, 1.165) is 22.7 Å². The monoisotopic (exact) mass is 445 g/mol. The summed E-state index contributed by atoms with van der Waals surface area (Å²) >= 11 is 2.43. The van der Waals surface area contributed by atoms with Crippen LogP contribution in [-0.2, 0) is 22.5 Å². The molecule has 0 aliphatic rings. The molecule has 1 N–H and O–H groups in total. The number of benzene rings is 1. The number of nitrogens with one attached hydrogen (secondary N) is 1. The van der Waals surface area contributed by atoms with Crippen LogP contribution in [0.3, 0.4) is 0 Å².